The van der Waals surface area contributed by atoms with E-state index in [9.17, 15) is 24.9 Å². The molecule has 0 amide bonds. The molecular formula is C23H38O8. The summed E-state index contributed by atoms with van der Waals surface area (Å²) in [5.41, 5.74) is 0. The number of rotatable bonds is 14. The Bertz CT molecular complexity index is 594. The summed E-state index contributed by atoms with van der Waals surface area (Å²) < 4.78 is 15.7. The van der Waals surface area contributed by atoms with Crippen molar-refractivity contribution in [2.45, 2.75) is 102 Å². The number of carbonyl (C=O) groups excluding carboxylic acids is 2. The number of cyclic esters (lactones) is 1. The normalized spacial score (nSPS) is 24.8. The first-order valence-electron chi connectivity index (χ1n) is 11.7. The van der Waals surface area contributed by atoms with E-state index in [4.69, 9.17) is 9.47 Å². The molecule has 31 heavy (non-hydrogen) atoms. The fraction of sp³-hybridized carbons (Fsp3) is 0.826. The molecule has 178 valence electrons. The van der Waals surface area contributed by atoms with Gasteiger partial charge in [-0.3, -0.25) is 4.79 Å². The van der Waals surface area contributed by atoms with Crippen LogP contribution in [0.25, 0.3) is 0 Å². The first kappa shape index (κ1) is 25.5. The Hall–Kier alpha value is -1.80. The Morgan fingerprint density at radius 2 is 1.77 bits per heavy atom. The van der Waals surface area contributed by atoms with Crippen LogP contribution in [0.3, 0.4) is 0 Å². The van der Waals surface area contributed by atoms with Crippen molar-refractivity contribution >= 4 is 11.9 Å². The molecular weight excluding hydrogens is 404 g/mol. The van der Waals surface area contributed by atoms with Crippen LogP contribution in [0.1, 0.15) is 84.0 Å². The van der Waals surface area contributed by atoms with E-state index in [1.54, 1.807) is 0 Å². The SMILES string of the molecule is CCCCCCCCOC1CCC(CCC(=O)OCC(O)C2OC(=O)C(O)=C2O)CC1. The molecule has 2 unspecified atom stereocenters. The van der Waals surface area contributed by atoms with Crippen molar-refractivity contribution < 1.29 is 39.1 Å². The maximum atomic E-state index is 12.0. The van der Waals surface area contributed by atoms with E-state index < -0.39 is 42.3 Å². The maximum absolute atomic E-state index is 12.0. The predicted molar refractivity (Wildman–Crippen MR) is 113 cm³/mol. The third-order valence-electron chi connectivity index (χ3n) is 6.11. The molecule has 0 bridgehead atoms. The lowest BCUT2D eigenvalue weighted by atomic mass is 9.84. The van der Waals surface area contributed by atoms with Gasteiger partial charge in [0.2, 0.25) is 5.76 Å². The van der Waals surface area contributed by atoms with E-state index in [0.29, 0.717) is 12.0 Å². The highest BCUT2D eigenvalue weighted by molar-refractivity contribution is 5.89. The summed E-state index contributed by atoms with van der Waals surface area (Å²) in [4.78, 5) is 23.1. The molecule has 2 aliphatic rings. The van der Waals surface area contributed by atoms with Gasteiger partial charge >= 0.3 is 11.9 Å². The zero-order valence-corrected chi connectivity index (χ0v) is 18.6. The molecule has 1 fully saturated rings. The second-order valence-electron chi connectivity index (χ2n) is 8.63. The van der Waals surface area contributed by atoms with Crippen molar-refractivity contribution in [1.29, 1.82) is 0 Å². The minimum Gasteiger partial charge on any atom is -0.505 e. The van der Waals surface area contributed by atoms with Crippen LogP contribution < -0.4 is 0 Å². The van der Waals surface area contributed by atoms with E-state index in [0.717, 1.165) is 45.1 Å². The third kappa shape index (κ3) is 8.69. The van der Waals surface area contributed by atoms with Gasteiger partial charge in [-0.1, -0.05) is 39.0 Å². The molecule has 0 radical (unpaired) electrons. The zero-order valence-electron chi connectivity index (χ0n) is 18.6. The van der Waals surface area contributed by atoms with Gasteiger partial charge in [0.15, 0.2) is 11.9 Å². The van der Waals surface area contributed by atoms with Crippen molar-refractivity contribution in [1.82, 2.24) is 0 Å². The van der Waals surface area contributed by atoms with Gasteiger partial charge in [0.05, 0.1) is 6.10 Å². The fourth-order valence-electron chi connectivity index (χ4n) is 4.11. The minimum absolute atomic E-state index is 0.248. The van der Waals surface area contributed by atoms with Gasteiger partial charge in [-0.05, 0) is 44.4 Å². The standard InChI is InChI=1S/C23H38O8/c1-2-3-4-5-6-7-14-29-17-11-8-16(9-12-17)10-13-19(25)30-15-18(24)22-20(26)21(27)23(28)31-22/h16-18,22,24,26-27H,2-15H2,1H3. The van der Waals surface area contributed by atoms with Gasteiger partial charge in [0.25, 0.3) is 0 Å². The zero-order chi connectivity index (χ0) is 22.6. The van der Waals surface area contributed by atoms with Crippen molar-refractivity contribution in [3.63, 3.8) is 0 Å². The molecule has 3 N–H and O–H groups in total. The Kier molecular flexibility index (Phi) is 11.2. The topological polar surface area (TPSA) is 123 Å². The van der Waals surface area contributed by atoms with Gasteiger partial charge in [0, 0.05) is 13.0 Å². The van der Waals surface area contributed by atoms with Gasteiger partial charge in [-0.2, -0.15) is 0 Å². The molecule has 8 nitrogen and oxygen atoms in total. The highest BCUT2D eigenvalue weighted by Crippen LogP contribution is 2.30. The minimum atomic E-state index is -1.43. The lowest BCUT2D eigenvalue weighted by Crippen LogP contribution is -2.33. The second-order valence-corrected chi connectivity index (χ2v) is 8.63. The summed E-state index contributed by atoms with van der Waals surface area (Å²) in [5.74, 6) is -2.77. The molecule has 2 rings (SSSR count). The maximum Gasteiger partial charge on any atom is 0.377 e. The van der Waals surface area contributed by atoms with E-state index in [1.165, 1.54) is 32.1 Å². The lowest BCUT2D eigenvalue weighted by Gasteiger charge is -2.28. The lowest BCUT2D eigenvalue weighted by molar-refractivity contribution is -0.154. The Balaban J connectivity index is 1.51. The van der Waals surface area contributed by atoms with Crippen LogP contribution in [0, 0.1) is 5.92 Å². The molecule has 1 aliphatic carbocycles. The molecule has 1 saturated carbocycles. The Morgan fingerprint density at radius 1 is 1.10 bits per heavy atom. The summed E-state index contributed by atoms with van der Waals surface area (Å²) in [5, 5.41) is 28.7. The van der Waals surface area contributed by atoms with E-state index in [2.05, 4.69) is 11.7 Å². The number of unbranched alkanes of at least 4 members (excludes halogenated alkanes) is 5. The van der Waals surface area contributed by atoms with Crippen LogP contribution >= 0.6 is 0 Å². The molecule has 0 aromatic rings. The summed E-state index contributed by atoms with van der Waals surface area (Å²) in [6, 6.07) is 0. The second kappa shape index (κ2) is 13.6. The largest absolute Gasteiger partial charge is 0.505 e. The van der Waals surface area contributed by atoms with E-state index >= 15 is 0 Å². The Morgan fingerprint density at radius 3 is 2.42 bits per heavy atom. The van der Waals surface area contributed by atoms with Crippen LogP contribution in [0.2, 0.25) is 0 Å². The average molecular weight is 443 g/mol. The number of esters is 2. The van der Waals surface area contributed by atoms with Crippen molar-refractivity contribution in [3.8, 4) is 0 Å². The van der Waals surface area contributed by atoms with Gasteiger partial charge in [0.1, 0.15) is 12.7 Å². The summed E-state index contributed by atoms with van der Waals surface area (Å²) in [6.45, 7) is 2.64. The molecule has 1 aliphatic heterocycles. The molecule has 0 saturated heterocycles. The summed E-state index contributed by atoms with van der Waals surface area (Å²) >= 11 is 0. The van der Waals surface area contributed by atoms with Crippen LogP contribution in [0.15, 0.2) is 11.5 Å². The molecule has 1 heterocycles. The van der Waals surface area contributed by atoms with E-state index in [-0.39, 0.29) is 6.42 Å². The quantitative estimate of drug-likeness (QED) is 0.274. The fourth-order valence-corrected chi connectivity index (χ4v) is 4.11. The number of aliphatic hydroxyl groups excluding tert-OH is 3. The van der Waals surface area contributed by atoms with Crippen molar-refractivity contribution in [3.05, 3.63) is 11.5 Å². The Labute approximate surface area is 184 Å². The number of hydrogen-bond acceptors (Lipinski definition) is 8. The summed E-state index contributed by atoms with van der Waals surface area (Å²) in [7, 11) is 0. The number of aliphatic hydroxyl groups is 3. The van der Waals surface area contributed by atoms with Gasteiger partial charge in [-0.15, -0.1) is 0 Å². The van der Waals surface area contributed by atoms with Crippen LogP contribution in [0.5, 0.6) is 0 Å². The highest BCUT2D eigenvalue weighted by atomic mass is 16.6. The number of carbonyl (C=O) groups is 2. The van der Waals surface area contributed by atoms with Crippen LogP contribution in [-0.2, 0) is 23.8 Å². The van der Waals surface area contributed by atoms with E-state index in [1.807, 2.05) is 0 Å². The highest BCUT2D eigenvalue weighted by Gasteiger charge is 2.39. The first-order chi connectivity index (χ1) is 14.9. The third-order valence-corrected chi connectivity index (χ3v) is 6.11. The number of ether oxygens (including phenoxy) is 3. The monoisotopic (exact) mass is 442 g/mol. The van der Waals surface area contributed by atoms with Gasteiger partial charge < -0.3 is 29.5 Å². The summed E-state index contributed by atoms with van der Waals surface area (Å²) in [6.07, 6.45) is 10.2. The molecule has 8 heteroatoms. The molecule has 0 aromatic heterocycles. The van der Waals surface area contributed by atoms with Crippen LogP contribution in [-0.4, -0.2) is 58.8 Å². The van der Waals surface area contributed by atoms with Crippen molar-refractivity contribution in [2.24, 2.45) is 5.92 Å². The van der Waals surface area contributed by atoms with Crippen LogP contribution in [0.4, 0.5) is 0 Å². The number of hydrogen-bond donors (Lipinski definition) is 3. The molecule has 0 spiro atoms. The van der Waals surface area contributed by atoms with Crippen molar-refractivity contribution in [2.75, 3.05) is 13.2 Å². The smallest absolute Gasteiger partial charge is 0.377 e. The van der Waals surface area contributed by atoms with Gasteiger partial charge in [-0.25, -0.2) is 4.79 Å². The first-order valence-corrected chi connectivity index (χ1v) is 11.7. The predicted octanol–water partition coefficient (Wildman–Crippen LogP) is 3.86. The average Bonchev–Trinajstić information content (AvgIpc) is 3.03. The molecule has 0 aromatic carbocycles. The molecule has 2 atom stereocenters.